The van der Waals surface area contributed by atoms with E-state index in [1.807, 2.05) is 6.92 Å². The van der Waals surface area contributed by atoms with Crippen molar-refractivity contribution in [2.24, 2.45) is 5.84 Å². The van der Waals surface area contributed by atoms with E-state index in [9.17, 15) is 4.39 Å². The van der Waals surface area contributed by atoms with Crippen molar-refractivity contribution in [3.63, 3.8) is 0 Å². The quantitative estimate of drug-likeness (QED) is 0.377. The Morgan fingerprint density at radius 1 is 1.50 bits per heavy atom. The van der Waals surface area contributed by atoms with Crippen molar-refractivity contribution in [1.82, 2.24) is 5.43 Å². The fourth-order valence-corrected chi connectivity index (χ4v) is 1.04. The van der Waals surface area contributed by atoms with Crippen molar-refractivity contribution in [2.45, 2.75) is 6.92 Å². The molecule has 1 rings (SSSR count). The summed E-state index contributed by atoms with van der Waals surface area (Å²) >= 11 is 0. The summed E-state index contributed by atoms with van der Waals surface area (Å²) in [5.41, 5.74) is 3.07. The van der Waals surface area contributed by atoms with Crippen molar-refractivity contribution in [3.05, 3.63) is 24.0 Å². The molecule has 0 spiro atoms. The van der Waals surface area contributed by atoms with Gasteiger partial charge >= 0.3 is 0 Å². The third-order valence-electron chi connectivity index (χ3n) is 1.63. The van der Waals surface area contributed by atoms with Gasteiger partial charge in [-0.1, -0.05) is 0 Å². The van der Waals surface area contributed by atoms with Crippen molar-refractivity contribution < 1.29 is 9.13 Å². The minimum Gasteiger partial charge on any atom is -0.491 e. The highest BCUT2D eigenvalue weighted by atomic mass is 19.1. The first kappa shape index (κ1) is 10.7. The fourth-order valence-electron chi connectivity index (χ4n) is 1.04. The van der Waals surface area contributed by atoms with Gasteiger partial charge in [-0.05, 0) is 19.1 Å². The molecule has 0 aliphatic rings. The van der Waals surface area contributed by atoms with Gasteiger partial charge in [0, 0.05) is 11.8 Å². The number of hydrazine groups is 1. The molecule has 5 heteroatoms. The Morgan fingerprint density at radius 2 is 2.29 bits per heavy atom. The molecule has 0 heterocycles. The molecule has 14 heavy (non-hydrogen) atoms. The molecule has 0 saturated heterocycles. The Labute approximate surface area is 82.2 Å². The summed E-state index contributed by atoms with van der Waals surface area (Å²) in [5.74, 6) is 4.94. The predicted octanol–water partition coefficient (Wildman–Crippen LogP) is 1.06. The predicted molar refractivity (Wildman–Crippen MR) is 53.4 cm³/mol. The number of nitrogens with one attached hydrogen (secondary N) is 2. The van der Waals surface area contributed by atoms with Crippen LogP contribution in [0.4, 0.5) is 10.1 Å². The molecule has 0 aliphatic carbocycles. The van der Waals surface area contributed by atoms with Crippen LogP contribution in [0.2, 0.25) is 0 Å². The van der Waals surface area contributed by atoms with Gasteiger partial charge in [0.2, 0.25) is 0 Å². The molecule has 1 aromatic rings. The number of ether oxygens (including phenoxy) is 1. The zero-order valence-electron chi connectivity index (χ0n) is 8.01. The fraction of sp³-hybridized carbons (Fsp3) is 0.333. The number of hydrogen-bond donors (Lipinski definition) is 3. The van der Waals surface area contributed by atoms with Crippen LogP contribution in [-0.2, 0) is 0 Å². The van der Waals surface area contributed by atoms with E-state index < -0.39 is 0 Å². The summed E-state index contributed by atoms with van der Waals surface area (Å²) in [6.45, 7) is 2.64. The molecular weight excluding hydrogens is 185 g/mol. The maximum Gasteiger partial charge on any atom is 0.167 e. The molecule has 4 N–H and O–H groups in total. The maximum atomic E-state index is 13.2. The van der Waals surface area contributed by atoms with E-state index in [4.69, 9.17) is 10.6 Å². The lowest BCUT2D eigenvalue weighted by atomic mass is 10.3. The van der Waals surface area contributed by atoms with E-state index in [0.717, 1.165) is 0 Å². The highest BCUT2D eigenvalue weighted by molar-refractivity contribution is 5.47. The summed E-state index contributed by atoms with van der Waals surface area (Å²) in [6, 6.07) is 4.67. The molecule has 78 valence electrons. The van der Waals surface area contributed by atoms with Crippen LogP contribution in [0.1, 0.15) is 6.92 Å². The molecule has 0 saturated carbocycles. The molecule has 0 aromatic heterocycles. The zero-order chi connectivity index (χ0) is 10.4. The summed E-state index contributed by atoms with van der Waals surface area (Å²) in [4.78, 5) is 0. The van der Waals surface area contributed by atoms with Crippen molar-refractivity contribution >= 4 is 5.69 Å². The van der Waals surface area contributed by atoms with Crippen LogP contribution in [0.3, 0.4) is 0 Å². The van der Waals surface area contributed by atoms with E-state index >= 15 is 0 Å². The number of hydrogen-bond acceptors (Lipinski definition) is 4. The van der Waals surface area contributed by atoms with Gasteiger partial charge in [-0.3, -0.25) is 5.84 Å². The van der Waals surface area contributed by atoms with Crippen LogP contribution in [0, 0.1) is 5.82 Å². The van der Waals surface area contributed by atoms with Crippen molar-refractivity contribution in [2.75, 3.05) is 18.6 Å². The van der Waals surface area contributed by atoms with Gasteiger partial charge in [-0.25, -0.2) is 9.82 Å². The number of halogens is 1. The van der Waals surface area contributed by atoms with Crippen LogP contribution in [0.15, 0.2) is 18.2 Å². The molecule has 0 unspecified atom stereocenters. The summed E-state index contributed by atoms with van der Waals surface area (Å²) < 4.78 is 18.3. The molecule has 0 atom stereocenters. The number of anilines is 1. The summed E-state index contributed by atoms with van der Waals surface area (Å²) in [6.07, 6.45) is 0. The van der Waals surface area contributed by atoms with E-state index in [1.165, 1.54) is 6.07 Å². The SMILES string of the molecule is CCOc1ccc(NCNN)cc1F. The number of benzene rings is 1. The third-order valence-corrected chi connectivity index (χ3v) is 1.63. The molecule has 0 amide bonds. The monoisotopic (exact) mass is 199 g/mol. The summed E-state index contributed by atoms with van der Waals surface area (Å²) in [5, 5.41) is 2.87. The number of rotatable bonds is 5. The molecule has 0 radical (unpaired) electrons. The molecule has 0 fully saturated rings. The molecule has 4 nitrogen and oxygen atoms in total. The topological polar surface area (TPSA) is 59.3 Å². The average Bonchev–Trinajstić information content (AvgIpc) is 2.19. The lowest BCUT2D eigenvalue weighted by Crippen LogP contribution is -2.28. The number of nitrogens with two attached hydrogens (primary N) is 1. The third kappa shape index (κ3) is 2.86. The minimum absolute atomic E-state index is 0.263. The molecular formula is C9H14FN3O. The van der Waals surface area contributed by atoms with Gasteiger partial charge in [0.1, 0.15) is 0 Å². The average molecular weight is 199 g/mol. The summed E-state index contributed by atoms with van der Waals surface area (Å²) in [7, 11) is 0. The van der Waals surface area contributed by atoms with Gasteiger partial charge in [0.15, 0.2) is 11.6 Å². The van der Waals surface area contributed by atoms with Crippen molar-refractivity contribution in [1.29, 1.82) is 0 Å². The van der Waals surface area contributed by atoms with Crippen LogP contribution in [0.25, 0.3) is 0 Å². The van der Waals surface area contributed by atoms with Crippen LogP contribution in [0.5, 0.6) is 5.75 Å². The van der Waals surface area contributed by atoms with Crippen LogP contribution >= 0.6 is 0 Å². The highest BCUT2D eigenvalue weighted by Gasteiger charge is 2.02. The zero-order valence-corrected chi connectivity index (χ0v) is 8.01. The Hall–Kier alpha value is -1.33. The van der Waals surface area contributed by atoms with Gasteiger partial charge in [0.05, 0.1) is 13.3 Å². The Morgan fingerprint density at radius 3 is 2.86 bits per heavy atom. The Bertz CT molecular complexity index is 293. The second-order valence-corrected chi connectivity index (χ2v) is 2.64. The first-order chi connectivity index (χ1) is 6.77. The van der Waals surface area contributed by atoms with Crippen LogP contribution < -0.4 is 21.3 Å². The van der Waals surface area contributed by atoms with E-state index in [2.05, 4.69) is 10.7 Å². The van der Waals surface area contributed by atoms with E-state index in [-0.39, 0.29) is 11.6 Å². The maximum absolute atomic E-state index is 13.2. The standard InChI is InChI=1S/C9H14FN3O/c1-2-14-9-4-3-7(5-8(9)10)12-6-13-11/h3-5,12-13H,2,6,11H2,1H3. The van der Waals surface area contributed by atoms with Crippen LogP contribution in [-0.4, -0.2) is 13.3 Å². The second-order valence-electron chi connectivity index (χ2n) is 2.64. The second kappa shape index (κ2) is 5.41. The molecule has 1 aromatic carbocycles. The van der Waals surface area contributed by atoms with E-state index in [0.29, 0.717) is 19.0 Å². The first-order valence-electron chi connectivity index (χ1n) is 4.37. The van der Waals surface area contributed by atoms with E-state index in [1.54, 1.807) is 12.1 Å². The minimum atomic E-state index is -0.381. The Balaban J connectivity index is 2.68. The molecule has 0 bridgehead atoms. The first-order valence-corrected chi connectivity index (χ1v) is 4.37. The van der Waals surface area contributed by atoms with Gasteiger partial charge in [-0.15, -0.1) is 0 Å². The highest BCUT2D eigenvalue weighted by Crippen LogP contribution is 2.20. The lowest BCUT2D eigenvalue weighted by molar-refractivity contribution is 0.321. The largest absolute Gasteiger partial charge is 0.491 e. The normalized spacial score (nSPS) is 9.93. The van der Waals surface area contributed by atoms with Gasteiger partial charge in [-0.2, -0.15) is 0 Å². The van der Waals surface area contributed by atoms with Gasteiger partial charge in [0.25, 0.3) is 0 Å². The lowest BCUT2D eigenvalue weighted by Gasteiger charge is -2.08. The Kier molecular flexibility index (Phi) is 4.15. The smallest absolute Gasteiger partial charge is 0.167 e. The van der Waals surface area contributed by atoms with Crippen molar-refractivity contribution in [3.8, 4) is 5.75 Å². The van der Waals surface area contributed by atoms with Gasteiger partial charge < -0.3 is 10.1 Å². The molecule has 0 aliphatic heterocycles.